The number of para-hydroxylation sites is 1. The smallest absolute Gasteiger partial charge is 0.328 e. The number of aryl methyl sites for hydroxylation is 3. The Balaban J connectivity index is 0.000000601. The highest BCUT2D eigenvalue weighted by Crippen LogP contribution is 2.19. The maximum atomic E-state index is 11.9. The van der Waals surface area contributed by atoms with Crippen LogP contribution in [0.25, 0.3) is 0 Å². The van der Waals surface area contributed by atoms with Crippen molar-refractivity contribution in [3.05, 3.63) is 72.4 Å². The summed E-state index contributed by atoms with van der Waals surface area (Å²) in [7, 11) is 0. The number of carbonyl (C=O) groups is 5. The van der Waals surface area contributed by atoms with Crippen molar-refractivity contribution < 1.29 is 44.4 Å². The maximum absolute atomic E-state index is 11.9. The number of aliphatic carboxylic acids is 4. The van der Waals surface area contributed by atoms with E-state index in [9.17, 15) is 24.0 Å². The number of nitrogens with one attached hydrogen (secondary N) is 1. The highest BCUT2D eigenvalue weighted by Gasteiger charge is 2.06. The van der Waals surface area contributed by atoms with Crippen LogP contribution in [0.3, 0.4) is 0 Å². The Hall–Kier alpha value is -4.74. The zero-order valence-electron chi connectivity index (χ0n) is 19.1. The molecule has 0 saturated carbocycles. The number of carboxylic acids is 4. The lowest BCUT2D eigenvalue weighted by molar-refractivity contribution is -0.134. The number of benzene rings is 1. The molecule has 1 aromatic carbocycles. The summed E-state index contributed by atoms with van der Waals surface area (Å²) in [5.74, 6) is -4.96. The van der Waals surface area contributed by atoms with Crippen LogP contribution in [-0.2, 0) is 30.5 Å². The number of carbonyl (C=O) groups excluding carboxylic acids is 1. The topological polar surface area (TPSA) is 196 Å². The molecule has 12 nitrogen and oxygen atoms in total. The van der Waals surface area contributed by atoms with E-state index in [4.69, 9.17) is 20.4 Å². The summed E-state index contributed by atoms with van der Waals surface area (Å²) >= 11 is 0. The molecule has 0 radical (unpaired) electrons. The molecule has 0 fully saturated rings. The Kier molecular flexibility index (Phi) is 14.6. The highest BCUT2D eigenvalue weighted by molar-refractivity contribution is 5.92. The first-order valence-corrected chi connectivity index (χ1v) is 10.0. The molecule has 0 aliphatic carbocycles. The van der Waals surface area contributed by atoms with Gasteiger partial charge in [-0.3, -0.25) is 4.79 Å². The van der Waals surface area contributed by atoms with Crippen LogP contribution in [0.15, 0.2) is 61.2 Å². The van der Waals surface area contributed by atoms with E-state index in [-0.39, 0.29) is 5.91 Å². The van der Waals surface area contributed by atoms with E-state index in [1.54, 1.807) is 12.5 Å². The average Bonchev–Trinajstić information content (AvgIpc) is 3.28. The standard InChI is InChI=1S/C15H19N3O.2C4H4O4/c1-12-5-3-6-13(2)15(12)17-14(19)7-4-9-18-10-8-16-11-18;2*5-3(6)1-2-4(7)8/h3,5-6,8,10-11H,4,7,9H2,1-2H3,(H,17,19);2*1-2H,(H,5,6)(H,7,8). The van der Waals surface area contributed by atoms with Crippen molar-refractivity contribution in [2.75, 3.05) is 5.32 Å². The lowest BCUT2D eigenvalue weighted by Crippen LogP contribution is -2.14. The molecule has 0 bridgehead atoms. The third-order valence-electron chi connectivity index (χ3n) is 3.86. The molecule has 5 N–H and O–H groups in total. The molecule has 188 valence electrons. The van der Waals surface area contributed by atoms with E-state index in [0.29, 0.717) is 30.7 Å². The summed E-state index contributed by atoms with van der Waals surface area (Å²) in [6.45, 7) is 4.84. The number of hydrogen-bond acceptors (Lipinski definition) is 6. The quantitative estimate of drug-likeness (QED) is 0.326. The second-order valence-corrected chi connectivity index (χ2v) is 6.74. The van der Waals surface area contributed by atoms with Gasteiger partial charge in [0.25, 0.3) is 0 Å². The fourth-order valence-electron chi connectivity index (χ4n) is 2.34. The summed E-state index contributed by atoms with van der Waals surface area (Å²) in [4.78, 5) is 54.1. The minimum atomic E-state index is -1.26. The molecule has 1 heterocycles. The van der Waals surface area contributed by atoms with E-state index < -0.39 is 23.9 Å². The molecule has 1 amide bonds. The van der Waals surface area contributed by atoms with Crippen molar-refractivity contribution in [2.45, 2.75) is 33.2 Å². The van der Waals surface area contributed by atoms with Gasteiger partial charge < -0.3 is 30.3 Å². The Morgan fingerprint density at radius 1 is 0.857 bits per heavy atom. The third-order valence-corrected chi connectivity index (χ3v) is 3.86. The number of imidazole rings is 1. The van der Waals surface area contributed by atoms with Gasteiger partial charge in [-0.05, 0) is 31.4 Å². The van der Waals surface area contributed by atoms with Gasteiger partial charge in [-0.2, -0.15) is 0 Å². The second kappa shape index (κ2) is 16.8. The van der Waals surface area contributed by atoms with Gasteiger partial charge >= 0.3 is 23.9 Å². The molecule has 0 atom stereocenters. The van der Waals surface area contributed by atoms with Gasteiger partial charge in [0.15, 0.2) is 0 Å². The fraction of sp³-hybridized carbons (Fsp3) is 0.217. The van der Waals surface area contributed by atoms with Crippen molar-refractivity contribution >= 4 is 35.5 Å². The molecule has 0 aliphatic heterocycles. The molecule has 1 aromatic heterocycles. The summed E-state index contributed by atoms with van der Waals surface area (Å²) in [6.07, 6.45) is 8.98. The number of nitrogens with zero attached hydrogens (tertiary/aromatic N) is 2. The van der Waals surface area contributed by atoms with Crippen LogP contribution in [0.4, 0.5) is 5.69 Å². The van der Waals surface area contributed by atoms with Crippen LogP contribution in [0.1, 0.15) is 24.0 Å². The maximum Gasteiger partial charge on any atom is 0.328 e. The van der Waals surface area contributed by atoms with E-state index in [1.807, 2.05) is 42.8 Å². The van der Waals surface area contributed by atoms with E-state index in [2.05, 4.69) is 10.3 Å². The summed E-state index contributed by atoms with van der Waals surface area (Å²) in [6, 6.07) is 6.02. The lowest BCUT2D eigenvalue weighted by atomic mass is 10.1. The second-order valence-electron chi connectivity index (χ2n) is 6.74. The molecule has 0 aliphatic rings. The average molecular weight is 489 g/mol. The first-order valence-electron chi connectivity index (χ1n) is 10.0. The first kappa shape index (κ1) is 30.3. The number of amides is 1. The van der Waals surface area contributed by atoms with E-state index in [1.165, 1.54) is 0 Å². The zero-order chi connectivity index (χ0) is 26.8. The first-order chi connectivity index (χ1) is 16.4. The van der Waals surface area contributed by atoms with Crippen LogP contribution in [0.2, 0.25) is 0 Å². The largest absolute Gasteiger partial charge is 0.478 e. The SMILES string of the molecule is Cc1cccc(C)c1NC(=O)CCCn1ccnc1.O=C(O)C=CC(=O)O.O=C(O)C=CC(=O)O. The van der Waals surface area contributed by atoms with Crippen LogP contribution >= 0.6 is 0 Å². The van der Waals surface area contributed by atoms with Gasteiger partial charge in [-0.1, -0.05) is 18.2 Å². The van der Waals surface area contributed by atoms with Crippen molar-refractivity contribution in [3.8, 4) is 0 Å². The van der Waals surface area contributed by atoms with Crippen molar-refractivity contribution in [1.82, 2.24) is 9.55 Å². The van der Waals surface area contributed by atoms with Crippen LogP contribution in [0.5, 0.6) is 0 Å². The monoisotopic (exact) mass is 489 g/mol. The minimum Gasteiger partial charge on any atom is -0.478 e. The van der Waals surface area contributed by atoms with Crippen molar-refractivity contribution in [1.29, 1.82) is 0 Å². The summed E-state index contributed by atoms with van der Waals surface area (Å²) in [5.41, 5.74) is 3.14. The van der Waals surface area contributed by atoms with Crippen LogP contribution in [-0.4, -0.2) is 59.8 Å². The predicted octanol–water partition coefficient (Wildman–Crippen LogP) is 2.34. The number of anilines is 1. The minimum absolute atomic E-state index is 0.0671. The molecule has 35 heavy (non-hydrogen) atoms. The number of carboxylic acid groups (broad SMARTS) is 4. The van der Waals surface area contributed by atoms with Gasteiger partial charge in [0, 0.05) is 55.4 Å². The van der Waals surface area contributed by atoms with Crippen LogP contribution in [0, 0.1) is 13.8 Å². The molecular formula is C23H27N3O9. The van der Waals surface area contributed by atoms with Gasteiger partial charge in [-0.15, -0.1) is 0 Å². The number of aromatic nitrogens is 2. The Morgan fingerprint density at radius 2 is 1.31 bits per heavy atom. The number of hydrogen-bond donors (Lipinski definition) is 5. The Morgan fingerprint density at radius 3 is 1.69 bits per heavy atom. The van der Waals surface area contributed by atoms with Gasteiger partial charge in [-0.25, -0.2) is 24.2 Å². The molecule has 0 spiro atoms. The molecule has 2 aromatic rings. The Labute approximate surface area is 200 Å². The summed E-state index contributed by atoms with van der Waals surface area (Å²) in [5, 5.41) is 34.2. The molecule has 0 saturated heterocycles. The van der Waals surface area contributed by atoms with Crippen molar-refractivity contribution in [2.24, 2.45) is 0 Å². The van der Waals surface area contributed by atoms with Gasteiger partial charge in [0.2, 0.25) is 5.91 Å². The third kappa shape index (κ3) is 16.5. The predicted molar refractivity (Wildman–Crippen MR) is 125 cm³/mol. The van der Waals surface area contributed by atoms with E-state index in [0.717, 1.165) is 29.8 Å². The highest BCUT2D eigenvalue weighted by atomic mass is 16.4. The van der Waals surface area contributed by atoms with Crippen LogP contribution < -0.4 is 5.32 Å². The van der Waals surface area contributed by atoms with Gasteiger partial charge in [0.05, 0.1) is 6.33 Å². The van der Waals surface area contributed by atoms with Gasteiger partial charge in [0.1, 0.15) is 0 Å². The Bertz CT molecular complexity index is 972. The number of rotatable bonds is 9. The lowest BCUT2D eigenvalue weighted by Gasteiger charge is -2.11. The molecule has 12 heteroatoms. The molecular weight excluding hydrogens is 462 g/mol. The van der Waals surface area contributed by atoms with E-state index >= 15 is 0 Å². The molecule has 0 unspecified atom stereocenters. The zero-order valence-corrected chi connectivity index (χ0v) is 19.1. The normalized spacial score (nSPS) is 10.0. The molecule has 2 rings (SSSR count). The van der Waals surface area contributed by atoms with Crippen molar-refractivity contribution in [3.63, 3.8) is 0 Å². The summed E-state index contributed by atoms with van der Waals surface area (Å²) < 4.78 is 1.98. The fourth-order valence-corrected chi connectivity index (χ4v) is 2.34.